The van der Waals surface area contributed by atoms with Crippen LogP contribution in [-0.2, 0) is 16.8 Å². The number of hydrogen-bond acceptors (Lipinski definition) is 11. The van der Waals surface area contributed by atoms with Crippen LogP contribution < -0.4 is 52.7 Å². The van der Waals surface area contributed by atoms with E-state index in [1.807, 2.05) is 0 Å². The van der Waals surface area contributed by atoms with Gasteiger partial charge < -0.3 is 15.0 Å². The van der Waals surface area contributed by atoms with Gasteiger partial charge in [-0.2, -0.15) is 0 Å². The van der Waals surface area contributed by atoms with Gasteiger partial charge in [-0.25, -0.2) is 0 Å². The quantitative estimate of drug-likeness (QED) is 0.177. The van der Waals surface area contributed by atoms with E-state index >= 15 is 0 Å². The Morgan fingerprint density at radius 2 is 0.444 bits per heavy atom. The Morgan fingerprint density at radius 1 is 0.333 bits per heavy atom. The molecule has 8 bridgehead atoms. The van der Waals surface area contributed by atoms with Crippen LogP contribution in [0.25, 0.3) is 0 Å². The molecule has 9 aliphatic rings. The van der Waals surface area contributed by atoms with Crippen LogP contribution in [0.2, 0.25) is 0 Å². The topological polar surface area (TPSA) is 159 Å². The van der Waals surface area contributed by atoms with Crippen LogP contribution in [0, 0.1) is 47.3 Å². The Morgan fingerprint density at radius 3 is 0.556 bits per heavy atom. The van der Waals surface area contributed by atoms with Gasteiger partial charge in [0.25, 0.3) is 0 Å². The molecule has 4 aliphatic carbocycles. The summed E-state index contributed by atoms with van der Waals surface area (Å²) in [6.45, 7) is 0. The minimum Gasteiger partial charge on any atom is -0.652 e. The summed E-state index contributed by atoms with van der Waals surface area (Å²) in [5.41, 5.74) is 0. The van der Waals surface area contributed by atoms with Crippen LogP contribution in [0.1, 0.15) is 103 Å². The fraction of sp³-hybridized carbons (Fsp3) is 0.970. The number of hydrogen-bond donors (Lipinski definition) is 8. The molecule has 5 aliphatic heterocycles. The minimum atomic E-state index is -2.33. The van der Waals surface area contributed by atoms with E-state index in [0.717, 1.165) is 47.3 Å². The third-order valence-corrected chi connectivity index (χ3v) is 13.8. The van der Waals surface area contributed by atoms with E-state index in [9.17, 15) is 0 Å². The molecular weight excluding hydrogens is 615 g/mol. The molecule has 0 spiro atoms. The fourth-order valence-electron chi connectivity index (χ4n) is 12.0. The summed E-state index contributed by atoms with van der Waals surface area (Å²) >= 11 is 0. The Labute approximate surface area is 279 Å². The average Bonchev–Trinajstić information content (AvgIpc) is 3.76. The number of carbonyl (C=O) groups excluding carboxylic acids is 1. The maximum Gasteiger partial charge on any atom is 2.00 e. The van der Waals surface area contributed by atoms with Crippen LogP contribution in [0.15, 0.2) is 0 Å². The van der Waals surface area contributed by atoms with Crippen molar-refractivity contribution in [3.63, 3.8) is 0 Å². The van der Waals surface area contributed by atoms with Crippen LogP contribution >= 0.6 is 0 Å². The van der Waals surface area contributed by atoms with Crippen molar-refractivity contribution < 1.29 is 31.8 Å². The molecular formula is C33H56CoN8O3. The van der Waals surface area contributed by atoms with E-state index in [4.69, 9.17) is 15.0 Å². The van der Waals surface area contributed by atoms with E-state index in [1.54, 1.807) is 0 Å². The normalized spacial score (nSPS) is 51.7. The Bertz CT molecular complexity index is 816. The van der Waals surface area contributed by atoms with Crippen molar-refractivity contribution in [2.24, 2.45) is 47.3 Å². The maximum atomic E-state index is 8.33. The third-order valence-electron chi connectivity index (χ3n) is 13.8. The predicted octanol–water partition coefficient (Wildman–Crippen LogP) is 0.156. The van der Waals surface area contributed by atoms with Gasteiger partial charge in [0.1, 0.15) is 0 Å². The first-order chi connectivity index (χ1) is 21.5. The maximum absolute atomic E-state index is 8.33. The molecule has 1 radical (unpaired) electrons. The molecule has 9 fully saturated rings. The molecule has 8 N–H and O–H groups in total. The number of rotatable bonds is 0. The van der Waals surface area contributed by atoms with E-state index in [-0.39, 0.29) is 16.8 Å². The standard InChI is InChI=1S/C32H56N8.CH2O3.Co/c1-2-10-18-17(9-1)25-33-26(18)38-28-21-13-5-6-14-22(21)30(35-28)40-32-24-16-8-7-15-23(24)31(36-32)39-29-20-12-4-3-11-19(20)27(34-29)37-25;2-1(3)4;/h17-40H,1-16H2;(H2,2,3,4);/q;;+2/p-2. The summed E-state index contributed by atoms with van der Waals surface area (Å²) in [5.74, 6) is 5.97. The monoisotopic (exact) mass is 671 g/mol. The first-order valence-corrected chi connectivity index (χ1v) is 18.5. The number of carboxylic acid groups (broad SMARTS) is 2. The van der Waals surface area contributed by atoms with E-state index in [1.165, 1.54) is 103 Å². The van der Waals surface area contributed by atoms with Crippen molar-refractivity contribution in [1.82, 2.24) is 42.5 Å². The number of nitrogens with one attached hydrogen (secondary N) is 8. The zero-order valence-corrected chi connectivity index (χ0v) is 27.7. The fourth-order valence-corrected chi connectivity index (χ4v) is 12.0. The van der Waals surface area contributed by atoms with Gasteiger partial charge in [0.15, 0.2) is 0 Å². The largest absolute Gasteiger partial charge is 2.00 e. The van der Waals surface area contributed by atoms with Crippen LogP contribution in [0.5, 0.6) is 0 Å². The van der Waals surface area contributed by atoms with Crippen molar-refractivity contribution >= 4 is 6.16 Å². The molecule has 9 rings (SSSR count). The molecule has 5 heterocycles. The van der Waals surface area contributed by atoms with Crippen LogP contribution in [-0.4, -0.2) is 55.5 Å². The molecule has 8 atom stereocenters. The van der Waals surface area contributed by atoms with Gasteiger partial charge in [0.2, 0.25) is 0 Å². The van der Waals surface area contributed by atoms with Gasteiger partial charge in [-0.15, -0.1) is 0 Å². The van der Waals surface area contributed by atoms with Crippen molar-refractivity contribution in [3.8, 4) is 0 Å². The molecule has 0 aromatic rings. The average molecular weight is 672 g/mol. The minimum absolute atomic E-state index is 0. The Balaban J connectivity index is 0.000000617. The molecule has 0 amide bonds. The van der Waals surface area contributed by atoms with E-state index < -0.39 is 6.16 Å². The second-order valence-electron chi connectivity index (χ2n) is 15.9. The third kappa shape index (κ3) is 6.47. The molecule has 0 aromatic heterocycles. The van der Waals surface area contributed by atoms with Gasteiger partial charge in [-0.1, -0.05) is 51.4 Å². The second kappa shape index (κ2) is 14.1. The first kappa shape index (κ1) is 33.0. The van der Waals surface area contributed by atoms with Gasteiger partial charge in [0, 0.05) is 0 Å². The van der Waals surface area contributed by atoms with Gasteiger partial charge in [-0.05, 0) is 105 Å². The second-order valence-corrected chi connectivity index (χ2v) is 15.9. The van der Waals surface area contributed by atoms with Gasteiger partial charge in [0.05, 0.1) is 49.3 Å². The molecule has 8 unspecified atom stereocenters. The van der Waals surface area contributed by atoms with E-state index in [0.29, 0.717) is 49.3 Å². The molecule has 4 saturated carbocycles. The van der Waals surface area contributed by atoms with Crippen LogP contribution in [0.3, 0.4) is 0 Å². The Kier molecular flexibility index (Phi) is 10.4. The van der Waals surface area contributed by atoms with Gasteiger partial charge in [-0.3, -0.25) is 42.5 Å². The van der Waals surface area contributed by atoms with Crippen molar-refractivity contribution in [1.29, 1.82) is 0 Å². The molecule has 11 nitrogen and oxygen atoms in total. The zero-order valence-electron chi connectivity index (χ0n) is 26.6. The smallest absolute Gasteiger partial charge is 0.652 e. The van der Waals surface area contributed by atoms with Crippen molar-refractivity contribution in [3.05, 3.63) is 0 Å². The van der Waals surface area contributed by atoms with Crippen molar-refractivity contribution in [2.75, 3.05) is 0 Å². The SMILES string of the molecule is C1CCC2C3NC(NC4NC(NC5NC(NC6NC(N3)C3CCCCC63)C3CCCCC53)C3CCCCC43)C2C1.O=C([O-])[O-].[Co+2]. The molecule has 12 heteroatoms. The van der Waals surface area contributed by atoms with Crippen LogP contribution in [0.4, 0.5) is 4.79 Å². The van der Waals surface area contributed by atoms with Gasteiger partial charge >= 0.3 is 16.8 Å². The molecule has 45 heavy (non-hydrogen) atoms. The summed E-state index contributed by atoms with van der Waals surface area (Å²) in [4.78, 5) is 8.33. The predicted molar refractivity (Wildman–Crippen MR) is 163 cm³/mol. The molecule has 0 aromatic carbocycles. The molecule has 255 valence electrons. The summed E-state index contributed by atoms with van der Waals surface area (Å²) in [5, 5.41) is 50.5. The summed E-state index contributed by atoms with van der Waals surface area (Å²) < 4.78 is 0. The number of fused-ring (bicyclic) bond motifs is 20. The molecule has 5 saturated heterocycles. The Hall–Kier alpha value is -0.544. The van der Waals surface area contributed by atoms with Crippen molar-refractivity contribution in [2.45, 2.75) is 152 Å². The summed E-state index contributed by atoms with van der Waals surface area (Å²) in [6, 6.07) is 0. The van der Waals surface area contributed by atoms with E-state index in [2.05, 4.69) is 42.5 Å². The number of carbonyl (C=O) groups is 1. The summed E-state index contributed by atoms with van der Waals surface area (Å²) in [7, 11) is 0. The zero-order chi connectivity index (χ0) is 29.8. The summed E-state index contributed by atoms with van der Waals surface area (Å²) in [6.07, 6.45) is 23.2. The first-order valence-electron chi connectivity index (χ1n) is 18.5.